The van der Waals surface area contributed by atoms with Crippen molar-refractivity contribution in [3.63, 3.8) is 0 Å². The zero-order valence-corrected chi connectivity index (χ0v) is 16.9. The normalized spacial score (nSPS) is 15.7. The molecular weight excluding hydrogens is 366 g/mol. The molecule has 2 heterocycles. The Morgan fingerprint density at radius 3 is 2.74 bits per heavy atom. The zero-order chi connectivity index (χ0) is 18.5. The molecule has 3 rings (SSSR count). The monoisotopic (exact) mass is 393 g/mol. The molecule has 148 valence electrons. The molecule has 8 heteroatoms. The van der Waals surface area contributed by atoms with Crippen LogP contribution in [0.25, 0.3) is 0 Å². The second-order valence-electron chi connectivity index (χ2n) is 6.85. The van der Waals surface area contributed by atoms with Gasteiger partial charge in [-0.25, -0.2) is 4.68 Å². The molecule has 1 amide bonds. The van der Waals surface area contributed by atoms with Gasteiger partial charge in [0.05, 0.1) is 18.3 Å². The predicted molar refractivity (Wildman–Crippen MR) is 107 cm³/mol. The third-order valence-corrected chi connectivity index (χ3v) is 4.77. The molecule has 1 aromatic carbocycles. The first-order chi connectivity index (χ1) is 12.6. The molecule has 1 atom stereocenters. The number of halogens is 1. The lowest BCUT2D eigenvalue weighted by molar-refractivity contribution is 0.0926. The molecule has 2 N–H and O–H groups in total. The van der Waals surface area contributed by atoms with Crippen LogP contribution >= 0.6 is 12.4 Å². The van der Waals surface area contributed by atoms with Crippen LogP contribution in [0.2, 0.25) is 0 Å². The van der Waals surface area contributed by atoms with Crippen molar-refractivity contribution in [2.24, 2.45) is 0 Å². The molecule has 0 spiro atoms. The van der Waals surface area contributed by atoms with Gasteiger partial charge < -0.3 is 15.4 Å². The molecule has 0 radical (unpaired) electrons. The fourth-order valence-electron chi connectivity index (χ4n) is 3.22. The second kappa shape index (κ2) is 9.71. The van der Waals surface area contributed by atoms with E-state index in [1.807, 2.05) is 49.7 Å². The number of piperidine rings is 1. The first-order valence-corrected chi connectivity index (χ1v) is 9.19. The van der Waals surface area contributed by atoms with E-state index in [-0.39, 0.29) is 24.4 Å². The Morgan fingerprint density at radius 1 is 1.33 bits per heavy atom. The third-order valence-electron chi connectivity index (χ3n) is 4.77. The van der Waals surface area contributed by atoms with Crippen LogP contribution in [0, 0.1) is 13.8 Å². The molecule has 1 aliphatic heterocycles. The number of aromatic nitrogens is 3. The van der Waals surface area contributed by atoms with Gasteiger partial charge >= 0.3 is 0 Å². The topological polar surface area (TPSA) is 81.1 Å². The van der Waals surface area contributed by atoms with Crippen LogP contribution < -0.4 is 15.4 Å². The fraction of sp³-hybridized carbons (Fsp3) is 0.526. The van der Waals surface area contributed by atoms with E-state index >= 15 is 0 Å². The standard InChI is InChI=1S/C19H27N5O2.ClH/c1-13-6-4-5-7-17(13)26-14(2)12-21-19(25)18-15(3)24(23-22-18)16-8-10-20-11-9-16;/h4-7,14,16,20H,8-12H2,1-3H3,(H,21,25);1H. The average Bonchev–Trinajstić information content (AvgIpc) is 3.04. The van der Waals surface area contributed by atoms with E-state index in [1.54, 1.807) is 0 Å². The quantitative estimate of drug-likeness (QED) is 0.787. The summed E-state index contributed by atoms with van der Waals surface area (Å²) in [6, 6.07) is 8.17. The van der Waals surface area contributed by atoms with Crippen LogP contribution in [0.4, 0.5) is 0 Å². The maximum absolute atomic E-state index is 12.5. The smallest absolute Gasteiger partial charge is 0.273 e. The second-order valence-corrected chi connectivity index (χ2v) is 6.85. The maximum Gasteiger partial charge on any atom is 0.273 e. The molecule has 1 fully saturated rings. The lowest BCUT2D eigenvalue weighted by Crippen LogP contribution is -2.34. The van der Waals surface area contributed by atoms with E-state index in [9.17, 15) is 4.79 Å². The van der Waals surface area contributed by atoms with E-state index in [0.717, 1.165) is 42.9 Å². The number of carbonyl (C=O) groups is 1. The highest BCUT2D eigenvalue weighted by molar-refractivity contribution is 5.93. The van der Waals surface area contributed by atoms with Crippen LogP contribution in [-0.4, -0.2) is 46.6 Å². The summed E-state index contributed by atoms with van der Waals surface area (Å²) < 4.78 is 7.79. The molecule has 0 aliphatic carbocycles. The summed E-state index contributed by atoms with van der Waals surface area (Å²) in [7, 11) is 0. The summed E-state index contributed by atoms with van der Waals surface area (Å²) in [6.45, 7) is 8.20. The Kier molecular flexibility index (Phi) is 7.62. The molecule has 27 heavy (non-hydrogen) atoms. The Bertz CT molecular complexity index is 758. The number of hydrogen-bond acceptors (Lipinski definition) is 5. The van der Waals surface area contributed by atoms with Gasteiger partial charge in [-0.15, -0.1) is 17.5 Å². The van der Waals surface area contributed by atoms with Crippen molar-refractivity contribution in [3.05, 3.63) is 41.2 Å². The Hall–Kier alpha value is -2.12. The van der Waals surface area contributed by atoms with E-state index in [1.165, 1.54) is 0 Å². The van der Waals surface area contributed by atoms with E-state index in [0.29, 0.717) is 18.3 Å². The first kappa shape index (κ1) is 21.2. The van der Waals surface area contributed by atoms with Gasteiger partial charge in [-0.2, -0.15) is 0 Å². The fourth-order valence-corrected chi connectivity index (χ4v) is 3.22. The number of aryl methyl sites for hydroxylation is 1. The van der Waals surface area contributed by atoms with Crippen LogP contribution in [0.15, 0.2) is 24.3 Å². The molecule has 7 nitrogen and oxygen atoms in total. The van der Waals surface area contributed by atoms with Crippen molar-refractivity contribution in [1.29, 1.82) is 0 Å². The molecule has 1 saturated heterocycles. The summed E-state index contributed by atoms with van der Waals surface area (Å²) in [4.78, 5) is 12.5. The Labute approximate surface area is 166 Å². The van der Waals surface area contributed by atoms with Gasteiger partial charge in [0.15, 0.2) is 5.69 Å². The highest BCUT2D eigenvalue weighted by Crippen LogP contribution is 2.20. The number of nitrogens with zero attached hydrogens (tertiary/aromatic N) is 3. The number of hydrogen-bond donors (Lipinski definition) is 2. The first-order valence-electron chi connectivity index (χ1n) is 9.19. The number of para-hydroxylation sites is 1. The molecule has 0 bridgehead atoms. The summed E-state index contributed by atoms with van der Waals surface area (Å²) in [5.41, 5.74) is 2.29. The highest BCUT2D eigenvalue weighted by atomic mass is 35.5. The van der Waals surface area contributed by atoms with Crippen molar-refractivity contribution >= 4 is 18.3 Å². The molecule has 2 aromatic rings. The van der Waals surface area contributed by atoms with Gasteiger partial charge in [-0.3, -0.25) is 4.79 Å². The molecule has 1 aromatic heterocycles. The molecular formula is C19H28ClN5O2. The summed E-state index contributed by atoms with van der Waals surface area (Å²) >= 11 is 0. The Morgan fingerprint density at radius 2 is 2.04 bits per heavy atom. The SMILES string of the molecule is Cc1ccccc1OC(C)CNC(=O)c1nnn(C2CCNCC2)c1C.Cl. The van der Waals surface area contributed by atoms with Crippen LogP contribution in [0.3, 0.4) is 0 Å². The summed E-state index contributed by atoms with van der Waals surface area (Å²) in [5.74, 6) is 0.630. The lowest BCUT2D eigenvalue weighted by Gasteiger charge is -2.23. The van der Waals surface area contributed by atoms with Gasteiger partial charge in [0.25, 0.3) is 5.91 Å². The number of rotatable bonds is 6. The van der Waals surface area contributed by atoms with Gasteiger partial charge in [-0.05, 0) is 58.3 Å². The van der Waals surface area contributed by atoms with Crippen molar-refractivity contribution < 1.29 is 9.53 Å². The number of benzene rings is 1. The molecule has 1 aliphatic rings. The zero-order valence-electron chi connectivity index (χ0n) is 16.1. The number of ether oxygens (including phenoxy) is 1. The molecule has 1 unspecified atom stereocenters. The van der Waals surface area contributed by atoms with E-state index in [4.69, 9.17) is 4.74 Å². The third kappa shape index (κ3) is 5.20. The maximum atomic E-state index is 12.5. The number of amides is 1. The van der Waals surface area contributed by atoms with E-state index < -0.39 is 0 Å². The van der Waals surface area contributed by atoms with Crippen LogP contribution in [0.5, 0.6) is 5.75 Å². The summed E-state index contributed by atoms with van der Waals surface area (Å²) in [5, 5.41) is 14.6. The van der Waals surface area contributed by atoms with Gasteiger partial charge in [0.1, 0.15) is 11.9 Å². The van der Waals surface area contributed by atoms with Gasteiger partial charge in [0.2, 0.25) is 0 Å². The summed E-state index contributed by atoms with van der Waals surface area (Å²) in [6.07, 6.45) is 1.87. The minimum absolute atomic E-state index is 0. The number of nitrogens with one attached hydrogen (secondary N) is 2. The van der Waals surface area contributed by atoms with Crippen LogP contribution in [0.1, 0.15) is 47.6 Å². The minimum atomic E-state index is -0.206. The average molecular weight is 394 g/mol. The van der Waals surface area contributed by atoms with Crippen molar-refractivity contribution in [2.45, 2.75) is 45.8 Å². The van der Waals surface area contributed by atoms with Crippen molar-refractivity contribution in [1.82, 2.24) is 25.6 Å². The molecule has 0 saturated carbocycles. The number of carbonyl (C=O) groups excluding carboxylic acids is 1. The van der Waals surface area contributed by atoms with Crippen molar-refractivity contribution in [2.75, 3.05) is 19.6 Å². The highest BCUT2D eigenvalue weighted by Gasteiger charge is 2.23. The van der Waals surface area contributed by atoms with Crippen LogP contribution in [-0.2, 0) is 0 Å². The minimum Gasteiger partial charge on any atom is -0.489 e. The predicted octanol–water partition coefficient (Wildman–Crippen LogP) is 2.44. The van der Waals surface area contributed by atoms with E-state index in [2.05, 4.69) is 20.9 Å². The van der Waals surface area contributed by atoms with Gasteiger partial charge in [-0.1, -0.05) is 23.4 Å². The Balaban J connectivity index is 0.00000261. The lowest BCUT2D eigenvalue weighted by atomic mass is 10.1. The van der Waals surface area contributed by atoms with Crippen molar-refractivity contribution in [3.8, 4) is 5.75 Å². The van der Waals surface area contributed by atoms with Gasteiger partial charge in [0, 0.05) is 0 Å². The largest absolute Gasteiger partial charge is 0.489 e.